The van der Waals surface area contributed by atoms with Gasteiger partial charge in [0.05, 0.1) is 6.61 Å². The summed E-state index contributed by atoms with van der Waals surface area (Å²) < 4.78 is 5.51. The van der Waals surface area contributed by atoms with E-state index in [-0.39, 0.29) is 0 Å². The molecule has 0 spiro atoms. The van der Waals surface area contributed by atoms with E-state index < -0.39 is 0 Å². The van der Waals surface area contributed by atoms with Crippen molar-refractivity contribution >= 4 is 17.4 Å². The third-order valence-electron chi connectivity index (χ3n) is 3.50. The van der Waals surface area contributed by atoms with Crippen LogP contribution < -0.4 is 4.90 Å². The Morgan fingerprint density at radius 1 is 1.31 bits per heavy atom. The highest BCUT2D eigenvalue weighted by molar-refractivity contribution is 6.29. The zero-order chi connectivity index (χ0) is 11.0. The fraction of sp³-hybridized carbons (Fsp3) is 0.636. The molecule has 3 heterocycles. The quantitative estimate of drug-likeness (QED) is 0.698. The van der Waals surface area contributed by atoms with Gasteiger partial charge in [0.2, 0.25) is 0 Å². The molecule has 16 heavy (non-hydrogen) atoms. The van der Waals surface area contributed by atoms with Crippen molar-refractivity contribution in [2.45, 2.75) is 6.42 Å². The van der Waals surface area contributed by atoms with Crippen LogP contribution in [0.4, 0.5) is 5.82 Å². The number of ether oxygens (including phenoxy) is 1. The van der Waals surface area contributed by atoms with Crippen LogP contribution in [0.15, 0.2) is 12.4 Å². The zero-order valence-corrected chi connectivity index (χ0v) is 9.73. The Morgan fingerprint density at radius 2 is 2.19 bits per heavy atom. The SMILES string of the molecule is Clc1cc(N2CCC3COCC3C2)ncn1. The number of fused-ring (bicyclic) bond motifs is 1. The Balaban J connectivity index is 1.76. The van der Waals surface area contributed by atoms with Crippen LogP contribution in [0.25, 0.3) is 0 Å². The zero-order valence-electron chi connectivity index (χ0n) is 8.97. The minimum atomic E-state index is 0.509. The minimum Gasteiger partial charge on any atom is -0.381 e. The van der Waals surface area contributed by atoms with Gasteiger partial charge in [0, 0.05) is 31.7 Å². The van der Waals surface area contributed by atoms with E-state index in [2.05, 4.69) is 14.9 Å². The van der Waals surface area contributed by atoms with Gasteiger partial charge in [-0.05, 0) is 12.3 Å². The Morgan fingerprint density at radius 3 is 3.06 bits per heavy atom. The molecule has 0 N–H and O–H groups in total. The van der Waals surface area contributed by atoms with E-state index in [0.717, 1.165) is 38.0 Å². The molecule has 4 nitrogen and oxygen atoms in total. The average molecular weight is 240 g/mol. The van der Waals surface area contributed by atoms with E-state index in [1.807, 2.05) is 6.07 Å². The highest BCUT2D eigenvalue weighted by Crippen LogP contribution is 2.31. The fourth-order valence-corrected chi connectivity index (χ4v) is 2.71. The molecule has 0 amide bonds. The molecule has 2 aliphatic heterocycles. The van der Waals surface area contributed by atoms with Gasteiger partial charge in [0.15, 0.2) is 0 Å². The van der Waals surface area contributed by atoms with Gasteiger partial charge in [0.25, 0.3) is 0 Å². The lowest BCUT2D eigenvalue weighted by atomic mass is 9.89. The van der Waals surface area contributed by atoms with Gasteiger partial charge in [-0.3, -0.25) is 0 Å². The summed E-state index contributed by atoms with van der Waals surface area (Å²) in [5.74, 6) is 2.33. The molecule has 1 aromatic rings. The summed E-state index contributed by atoms with van der Waals surface area (Å²) in [6, 6.07) is 1.83. The molecule has 2 atom stereocenters. The van der Waals surface area contributed by atoms with Gasteiger partial charge < -0.3 is 9.64 Å². The van der Waals surface area contributed by atoms with Crippen LogP contribution >= 0.6 is 11.6 Å². The molecule has 2 unspecified atom stereocenters. The molecule has 0 saturated carbocycles. The van der Waals surface area contributed by atoms with Gasteiger partial charge in [-0.15, -0.1) is 0 Å². The molecule has 2 saturated heterocycles. The predicted molar refractivity (Wildman–Crippen MR) is 61.7 cm³/mol. The summed E-state index contributed by atoms with van der Waals surface area (Å²) in [4.78, 5) is 10.5. The summed E-state index contributed by atoms with van der Waals surface area (Å²) in [7, 11) is 0. The molecule has 0 aliphatic carbocycles. The van der Waals surface area contributed by atoms with Crippen molar-refractivity contribution in [2.24, 2.45) is 11.8 Å². The molecule has 1 aromatic heterocycles. The van der Waals surface area contributed by atoms with E-state index in [9.17, 15) is 0 Å². The van der Waals surface area contributed by atoms with Gasteiger partial charge in [-0.1, -0.05) is 11.6 Å². The van der Waals surface area contributed by atoms with Crippen molar-refractivity contribution in [3.8, 4) is 0 Å². The second kappa shape index (κ2) is 4.18. The Kier molecular flexibility index (Phi) is 2.69. The number of rotatable bonds is 1. The summed E-state index contributed by atoms with van der Waals surface area (Å²) in [5, 5.41) is 0.509. The van der Waals surface area contributed by atoms with Crippen LogP contribution in [-0.4, -0.2) is 36.3 Å². The fourth-order valence-electron chi connectivity index (χ4n) is 2.57. The maximum atomic E-state index is 5.87. The van der Waals surface area contributed by atoms with Crippen LogP contribution in [0.1, 0.15) is 6.42 Å². The first-order valence-electron chi connectivity index (χ1n) is 5.63. The van der Waals surface area contributed by atoms with Crippen molar-refractivity contribution in [2.75, 3.05) is 31.2 Å². The first kappa shape index (κ1) is 10.3. The van der Waals surface area contributed by atoms with Gasteiger partial charge in [-0.2, -0.15) is 0 Å². The molecular formula is C11H14ClN3O. The number of piperidine rings is 1. The van der Waals surface area contributed by atoms with E-state index in [1.54, 1.807) is 0 Å². The Bertz CT molecular complexity index is 387. The van der Waals surface area contributed by atoms with Crippen LogP contribution in [0.3, 0.4) is 0 Å². The first-order valence-corrected chi connectivity index (χ1v) is 6.01. The smallest absolute Gasteiger partial charge is 0.134 e. The predicted octanol–water partition coefficient (Wildman–Crippen LogP) is 1.60. The molecule has 0 aromatic carbocycles. The van der Waals surface area contributed by atoms with Gasteiger partial charge >= 0.3 is 0 Å². The van der Waals surface area contributed by atoms with Crippen molar-refractivity contribution in [3.63, 3.8) is 0 Å². The lowest BCUT2D eigenvalue weighted by Crippen LogP contribution is -2.40. The van der Waals surface area contributed by atoms with Crippen molar-refractivity contribution < 1.29 is 4.74 Å². The second-order valence-corrected chi connectivity index (χ2v) is 4.88. The number of aromatic nitrogens is 2. The van der Waals surface area contributed by atoms with E-state index >= 15 is 0 Å². The summed E-state index contributed by atoms with van der Waals surface area (Å²) >= 11 is 5.87. The molecule has 0 bridgehead atoms. The second-order valence-electron chi connectivity index (χ2n) is 4.49. The largest absolute Gasteiger partial charge is 0.381 e. The number of hydrogen-bond donors (Lipinski definition) is 0. The average Bonchev–Trinajstić information content (AvgIpc) is 2.75. The van der Waals surface area contributed by atoms with Crippen LogP contribution in [0.2, 0.25) is 5.15 Å². The van der Waals surface area contributed by atoms with E-state index in [1.165, 1.54) is 12.7 Å². The minimum absolute atomic E-state index is 0.509. The lowest BCUT2D eigenvalue weighted by molar-refractivity contribution is 0.182. The standard InChI is InChI=1S/C11H14ClN3O/c12-10-3-11(14-7-13-10)15-2-1-8-5-16-6-9(8)4-15/h3,7-9H,1-2,4-6H2. The van der Waals surface area contributed by atoms with Crippen molar-refractivity contribution in [3.05, 3.63) is 17.5 Å². The highest BCUT2D eigenvalue weighted by atomic mass is 35.5. The molecule has 5 heteroatoms. The van der Waals surface area contributed by atoms with Crippen LogP contribution in [0, 0.1) is 11.8 Å². The molecular weight excluding hydrogens is 226 g/mol. The summed E-state index contributed by atoms with van der Waals surface area (Å²) in [6.45, 7) is 3.89. The Labute approximate surface area is 99.6 Å². The number of nitrogens with zero attached hydrogens (tertiary/aromatic N) is 3. The molecule has 0 radical (unpaired) electrons. The highest BCUT2D eigenvalue weighted by Gasteiger charge is 2.34. The number of anilines is 1. The molecule has 2 fully saturated rings. The first-order chi connectivity index (χ1) is 7.83. The third kappa shape index (κ3) is 1.87. The van der Waals surface area contributed by atoms with Crippen LogP contribution in [-0.2, 0) is 4.74 Å². The molecule has 2 aliphatic rings. The summed E-state index contributed by atoms with van der Waals surface area (Å²) in [5.41, 5.74) is 0. The van der Waals surface area contributed by atoms with Gasteiger partial charge in [-0.25, -0.2) is 9.97 Å². The van der Waals surface area contributed by atoms with Gasteiger partial charge in [0.1, 0.15) is 17.3 Å². The Hall–Kier alpha value is -0.870. The van der Waals surface area contributed by atoms with Crippen molar-refractivity contribution in [1.82, 2.24) is 9.97 Å². The third-order valence-corrected chi connectivity index (χ3v) is 3.71. The maximum absolute atomic E-state index is 5.87. The van der Waals surface area contributed by atoms with Crippen molar-refractivity contribution in [1.29, 1.82) is 0 Å². The topological polar surface area (TPSA) is 38.2 Å². The monoisotopic (exact) mass is 239 g/mol. The number of hydrogen-bond acceptors (Lipinski definition) is 4. The lowest BCUT2D eigenvalue weighted by Gasteiger charge is -2.34. The molecule has 86 valence electrons. The van der Waals surface area contributed by atoms with E-state index in [0.29, 0.717) is 11.1 Å². The van der Waals surface area contributed by atoms with Crippen LogP contribution in [0.5, 0.6) is 0 Å². The number of halogens is 1. The molecule has 3 rings (SSSR count). The van der Waals surface area contributed by atoms with E-state index in [4.69, 9.17) is 16.3 Å². The summed E-state index contributed by atoms with van der Waals surface area (Å²) in [6.07, 6.45) is 2.71. The normalized spacial score (nSPS) is 29.2. The maximum Gasteiger partial charge on any atom is 0.134 e.